The summed E-state index contributed by atoms with van der Waals surface area (Å²) in [5, 5.41) is 0. The second-order valence-electron chi connectivity index (χ2n) is 13.1. The number of ether oxygens (including phenoxy) is 1. The molecule has 0 saturated heterocycles. The number of unbranched alkanes of at least 4 members (excludes halogenated alkanes) is 17. The summed E-state index contributed by atoms with van der Waals surface area (Å²) in [6.45, 7) is 5.57. The lowest BCUT2D eigenvalue weighted by Crippen LogP contribution is -2.20. The van der Waals surface area contributed by atoms with Crippen LogP contribution >= 0.6 is 0 Å². The summed E-state index contributed by atoms with van der Waals surface area (Å²) in [4.78, 5) is 25.0. The topological polar surface area (TPSA) is 46.6 Å². The maximum absolute atomic E-state index is 12.4. The molecule has 0 aromatic carbocycles. The summed E-state index contributed by atoms with van der Waals surface area (Å²) in [6, 6.07) is 0. The zero-order valence-electron chi connectivity index (χ0n) is 28.4. The molecule has 0 amide bonds. The van der Waals surface area contributed by atoms with Gasteiger partial charge in [-0.15, -0.1) is 0 Å². The number of hydrogen-bond acceptors (Lipinski definition) is 4. The molecule has 0 aliphatic carbocycles. The molecule has 4 heteroatoms. The molecule has 0 radical (unpaired) electrons. The van der Waals surface area contributed by atoms with E-state index in [0.717, 1.165) is 57.3 Å². The highest BCUT2D eigenvalue weighted by molar-refractivity contribution is 5.69. The zero-order chi connectivity index (χ0) is 30.2. The van der Waals surface area contributed by atoms with E-state index in [1.54, 1.807) is 0 Å². The number of rotatable bonds is 33. The number of aldehydes is 1. The summed E-state index contributed by atoms with van der Waals surface area (Å²) in [5.41, 5.74) is 0. The van der Waals surface area contributed by atoms with Crippen LogP contribution in [0.5, 0.6) is 0 Å². The highest BCUT2D eigenvalue weighted by atomic mass is 16.5. The molecule has 0 heterocycles. The molecule has 0 saturated carbocycles. The maximum atomic E-state index is 12.4. The average molecular weight is 580 g/mol. The Hall–Kier alpha value is -0.900. The van der Waals surface area contributed by atoms with E-state index in [4.69, 9.17) is 4.74 Å². The van der Waals surface area contributed by atoms with Gasteiger partial charge in [0.2, 0.25) is 0 Å². The number of nitrogens with zero attached hydrogens (tertiary/aromatic N) is 1. The quantitative estimate of drug-likeness (QED) is 0.0441. The van der Waals surface area contributed by atoms with Gasteiger partial charge in [-0.3, -0.25) is 4.79 Å². The summed E-state index contributed by atoms with van der Waals surface area (Å²) >= 11 is 0. The summed E-state index contributed by atoms with van der Waals surface area (Å²) < 4.78 is 5.95. The summed E-state index contributed by atoms with van der Waals surface area (Å²) in [7, 11) is 4.10. The van der Waals surface area contributed by atoms with Crippen LogP contribution in [-0.4, -0.2) is 43.9 Å². The standard InChI is InChI=1S/C37H73NO3/c1-5-7-20-27-35(28-21-8-6-2)29-22-16-12-9-10-13-17-23-30-36(41-37(40)32-26-33-38(3)4)31-24-18-14-11-15-19-25-34-39/h34-36H,5-33H2,1-4H3. The molecule has 0 aliphatic rings. The first-order valence-corrected chi connectivity index (χ1v) is 18.3. The zero-order valence-corrected chi connectivity index (χ0v) is 28.4. The van der Waals surface area contributed by atoms with Crippen LogP contribution in [0.15, 0.2) is 0 Å². The lowest BCUT2D eigenvalue weighted by Gasteiger charge is -2.18. The van der Waals surface area contributed by atoms with Crippen molar-refractivity contribution in [2.75, 3.05) is 20.6 Å². The SMILES string of the molecule is CCCCCC(CCCCC)CCCCCCCCCCC(CCCCCCCCC=O)OC(=O)CCCN(C)C. The molecule has 1 unspecified atom stereocenters. The second-order valence-corrected chi connectivity index (χ2v) is 13.1. The lowest BCUT2D eigenvalue weighted by atomic mass is 9.90. The molecule has 4 nitrogen and oxygen atoms in total. The van der Waals surface area contributed by atoms with Crippen LogP contribution in [0.25, 0.3) is 0 Å². The molecule has 0 spiro atoms. The molecule has 0 aromatic heterocycles. The van der Waals surface area contributed by atoms with Crippen molar-refractivity contribution >= 4 is 12.3 Å². The van der Waals surface area contributed by atoms with Gasteiger partial charge >= 0.3 is 5.97 Å². The first-order valence-electron chi connectivity index (χ1n) is 18.3. The fourth-order valence-electron chi connectivity index (χ4n) is 6.02. The Morgan fingerprint density at radius 2 is 1.00 bits per heavy atom. The van der Waals surface area contributed by atoms with E-state index in [1.807, 2.05) is 14.1 Å². The van der Waals surface area contributed by atoms with Crippen molar-refractivity contribution in [3.05, 3.63) is 0 Å². The Morgan fingerprint density at radius 3 is 1.44 bits per heavy atom. The minimum Gasteiger partial charge on any atom is -0.462 e. The molecule has 0 aliphatic heterocycles. The Morgan fingerprint density at radius 1 is 0.585 bits per heavy atom. The third kappa shape index (κ3) is 30.4. The van der Waals surface area contributed by atoms with E-state index < -0.39 is 0 Å². The predicted molar refractivity (Wildman–Crippen MR) is 179 cm³/mol. The summed E-state index contributed by atoms with van der Waals surface area (Å²) in [6.07, 6.45) is 35.7. The number of carbonyl (C=O) groups is 2. The first kappa shape index (κ1) is 40.1. The van der Waals surface area contributed by atoms with Gasteiger partial charge in [0.05, 0.1) is 0 Å². The van der Waals surface area contributed by atoms with Gasteiger partial charge in [0.15, 0.2) is 0 Å². The molecule has 244 valence electrons. The third-order valence-corrected chi connectivity index (χ3v) is 8.70. The number of hydrogen-bond donors (Lipinski definition) is 0. The van der Waals surface area contributed by atoms with Crippen LogP contribution in [0.2, 0.25) is 0 Å². The molecule has 0 N–H and O–H groups in total. The van der Waals surface area contributed by atoms with Gasteiger partial charge in [0, 0.05) is 12.8 Å². The van der Waals surface area contributed by atoms with Crippen molar-refractivity contribution in [2.45, 2.75) is 200 Å². The van der Waals surface area contributed by atoms with Gasteiger partial charge in [-0.1, -0.05) is 142 Å². The van der Waals surface area contributed by atoms with E-state index in [2.05, 4.69) is 18.7 Å². The number of carbonyl (C=O) groups excluding carboxylic acids is 2. The van der Waals surface area contributed by atoms with Crippen molar-refractivity contribution in [2.24, 2.45) is 5.92 Å². The van der Waals surface area contributed by atoms with E-state index >= 15 is 0 Å². The molecular weight excluding hydrogens is 506 g/mol. The Labute approximate surface area is 257 Å². The normalized spacial score (nSPS) is 12.3. The van der Waals surface area contributed by atoms with Crippen molar-refractivity contribution in [3.63, 3.8) is 0 Å². The van der Waals surface area contributed by atoms with Crippen LogP contribution in [0.3, 0.4) is 0 Å². The van der Waals surface area contributed by atoms with Crippen LogP contribution in [0.4, 0.5) is 0 Å². The van der Waals surface area contributed by atoms with Crippen LogP contribution in [0.1, 0.15) is 194 Å². The molecule has 0 aromatic rings. The van der Waals surface area contributed by atoms with Gasteiger partial charge in [-0.05, 0) is 65.1 Å². The van der Waals surface area contributed by atoms with Gasteiger partial charge in [0.25, 0.3) is 0 Å². The van der Waals surface area contributed by atoms with Crippen LogP contribution in [-0.2, 0) is 14.3 Å². The van der Waals surface area contributed by atoms with E-state index in [9.17, 15) is 9.59 Å². The largest absolute Gasteiger partial charge is 0.462 e. The van der Waals surface area contributed by atoms with Crippen molar-refractivity contribution in [1.29, 1.82) is 0 Å². The van der Waals surface area contributed by atoms with Crippen LogP contribution < -0.4 is 0 Å². The fourth-order valence-corrected chi connectivity index (χ4v) is 6.02. The minimum absolute atomic E-state index is 0.0105. The highest BCUT2D eigenvalue weighted by Gasteiger charge is 2.14. The Kier molecular flexibility index (Phi) is 31.3. The molecule has 41 heavy (non-hydrogen) atoms. The highest BCUT2D eigenvalue weighted by Crippen LogP contribution is 2.24. The molecule has 1 atom stereocenters. The molecule has 0 fully saturated rings. The van der Waals surface area contributed by atoms with Gasteiger partial charge in [0.1, 0.15) is 12.4 Å². The number of esters is 1. The van der Waals surface area contributed by atoms with E-state index in [0.29, 0.717) is 12.8 Å². The smallest absolute Gasteiger partial charge is 0.306 e. The van der Waals surface area contributed by atoms with Gasteiger partial charge in [-0.2, -0.15) is 0 Å². The molecular formula is C37H73NO3. The third-order valence-electron chi connectivity index (χ3n) is 8.70. The van der Waals surface area contributed by atoms with Gasteiger partial charge < -0.3 is 14.4 Å². The van der Waals surface area contributed by atoms with Crippen molar-refractivity contribution < 1.29 is 14.3 Å². The van der Waals surface area contributed by atoms with Crippen molar-refractivity contribution in [3.8, 4) is 0 Å². The monoisotopic (exact) mass is 580 g/mol. The second kappa shape index (κ2) is 32.0. The average Bonchev–Trinajstić information content (AvgIpc) is 2.94. The maximum Gasteiger partial charge on any atom is 0.306 e. The molecule has 0 rings (SSSR count). The van der Waals surface area contributed by atoms with E-state index in [1.165, 1.54) is 128 Å². The predicted octanol–water partition coefficient (Wildman–Crippen LogP) is 11.2. The van der Waals surface area contributed by atoms with Gasteiger partial charge in [-0.25, -0.2) is 0 Å². The minimum atomic E-state index is -0.0105. The van der Waals surface area contributed by atoms with E-state index in [-0.39, 0.29) is 12.1 Å². The Bertz CT molecular complexity index is 540. The van der Waals surface area contributed by atoms with Crippen LogP contribution in [0, 0.1) is 5.92 Å². The lowest BCUT2D eigenvalue weighted by molar-refractivity contribution is -0.150. The summed E-state index contributed by atoms with van der Waals surface area (Å²) in [5.74, 6) is 0.972. The molecule has 0 bridgehead atoms. The van der Waals surface area contributed by atoms with Crippen molar-refractivity contribution in [1.82, 2.24) is 4.90 Å². The Balaban J connectivity index is 4.08. The fraction of sp³-hybridized carbons (Fsp3) is 0.946. The first-order chi connectivity index (χ1) is 20.0.